The number of nitrogens with one attached hydrogen (secondary N) is 2. The van der Waals surface area contributed by atoms with Gasteiger partial charge in [-0.2, -0.15) is 0 Å². The minimum atomic E-state index is -0.0237. The monoisotopic (exact) mass is 379 g/mol. The van der Waals surface area contributed by atoms with Crippen molar-refractivity contribution in [3.05, 3.63) is 65.7 Å². The molecule has 0 radical (unpaired) electrons. The lowest BCUT2D eigenvalue weighted by Crippen LogP contribution is -2.45. The summed E-state index contributed by atoms with van der Waals surface area (Å²) >= 11 is 0. The fraction of sp³-hybridized carbons (Fsp3) is 0.391. The first-order valence-corrected chi connectivity index (χ1v) is 10.1. The highest BCUT2D eigenvalue weighted by Gasteiger charge is 2.24. The Morgan fingerprint density at radius 3 is 2.32 bits per heavy atom. The van der Waals surface area contributed by atoms with Crippen LogP contribution < -0.4 is 15.5 Å². The third kappa shape index (κ3) is 4.91. The molecule has 0 bridgehead atoms. The van der Waals surface area contributed by atoms with Crippen LogP contribution in [0.25, 0.3) is 0 Å². The van der Waals surface area contributed by atoms with Crippen molar-refractivity contribution < 1.29 is 9.59 Å². The van der Waals surface area contributed by atoms with Gasteiger partial charge in [-0.15, -0.1) is 0 Å². The summed E-state index contributed by atoms with van der Waals surface area (Å²) in [7, 11) is 0. The van der Waals surface area contributed by atoms with E-state index in [4.69, 9.17) is 0 Å². The fourth-order valence-corrected chi connectivity index (χ4v) is 3.47. The molecule has 2 aromatic carbocycles. The molecule has 148 valence electrons. The van der Waals surface area contributed by atoms with Crippen molar-refractivity contribution in [1.82, 2.24) is 10.6 Å². The minimum absolute atomic E-state index is 0.0209. The Labute approximate surface area is 167 Å². The number of para-hydroxylation sites is 1. The van der Waals surface area contributed by atoms with Crippen LogP contribution in [0.15, 0.2) is 54.6 Å². The molecule has 0 spiro atoms. The molecule has 28 heavy (non-hydrogen) atoms. The maximum absolute atomic E-state index is 12.6. The van der Waals surface area contributed by atoms with Crippen LogP contribution in [-0.4, -0.2) is 37.0 Å². The zero-order valence-electron chi connectivity index (χ0n) is 16.7. The van der Waals surface area contributed by atoms with Crippen LogP contribution in [0.4, 0.5) is 5.69 Å². The van der Waals surface area contributed by atoms with Gasteiger partial charge in [-0.1, -0.05) is 37.3 Å². The maximum Gasteiger partial charge on any atom is 0.253 e. The summed E-state index contributed by atoms with van der Waals surface area (Å²) in [5.74, 6) is -0.0446. The highest BCUT2D eigenvalue weighted by atomic mass is 16.2. The first-order valence-electron chi connectivity index (χ1n) is 10.1. The lowest BCUT2D eigenvalue weighted by molar-refractivity contribution is 0.0928. The van der Waals surface area contributed by atoms with Gasteiger partial charge in [0.05, 0.1) is 5.56 Å². The number of carbonyl (C=O) groups is 2. The van der Waals surface area contributed by atoms with Crippen LogP contribution in [0.2, 0.25) is 0 Å². The Bertz CT molecular complexity index is 799. The minimum Gasteiger partial charge on any atom is -0.371 e. The molecule has 0 aliphatic carbocycles. The SMILES string of the molecule is CC[C@H](C)NC(=O)c1ccccc1N1CCC(NC(=O)c2ccccc2)CC1. The van der Waals surface area contributed by atoms with Gasteiger partial charge >= 0.3 is 0 Å². The Morgan fingerprint density at radius 2 is 1.64 bits per heavy atom. The van der Waals surface area contributed by atoms with E-state index in [1.54, 1.807) is 0 Å². The Hall–Kier alpha value is -2.82. The number of carbonyl (C=O) groups excluding carboxylic acids is 2. The lowest BCUT2D eigenvalue weighted by atomic mass is 10.0. The van der Waals surface area contributed by atoms with Crippen molar-refractivity contribution in [2.75, 3.05) is 18.0 Å². The molecule has 1 heterocycles. The lowest BCUT2D eigenvalue weighted by Gasteiger charge is -2.35. The summed E-state index contributed by atoms with van der Waals surface area (Å²) in [6.07, 6.45) is 2.63. The summed E-state index contributed by atoms with van der Waals surface area (Å²) in [5, 5.41) is 6.19. The third-order valence-electron chi connectivity index (χ3n) is 5.35. The second kappa shape index (κ2) is 9.40. The van der Waals surface area contributed by atoms with Crippen molar-refractivity contribution in [1.29, 1.82) is 0 Å². The van der Waals surface area contributed by atoms with Gasteiger partial charge in [0.25, 0.3) is 11.8 Å². The third-order valence-corrected chi connectivity index (χ3v) is 5.35. The fourth-order valence-electron chi connectivity index (χ4n) is 3.47. The maximum atomic E-state index is 12.6. The number of piperidine rings is 1. The van der Waals surface area contributed by atoms with Gasteiger partial charge in [-0.05, 0) is 50.5 Å². The summed E-state index contributed by atoms with van der Waals surface area (Å²) in [5.41, 5.74) is 2.38. The van der Waals surface area contributed by atoms with E-state index in [1.807, 2.05) is 61.5 Å². The van der Waals surface area contributed by atoms with E-state index in [2.05, 4.69) is 22.5 Å². The Balaban J connectivity index is 1.61. The highest BCUT2D eigenvalue weighted by Crippen LogP contribution is 2.24. The summed E-state index contributed by atoms with van der Waals surface area (Å²) in [4.78, 5) is 27.3. The molecule has 0 saturated carbocycles. The van der Waals surface area contributed by atoms with Crippen LogP contribution in [0.1, 0.15) is 53.8 Å². The van der Waals surface area contributed by atoms with E-state index < -0.39 is 0 Å². The van der Waals surface area contributed by atoms with E-state index in [1.165, 1.54) is 0 Å². The largest absolute Gasteiger partial charge is 0.371 e. The van der Waals surface area contributed by atoms with E-state index in [0.717, 1.165) is 43.6 Å². The molecule has 5 heteroatoms. The van der Waals surface area contributed by atoms with Gasteiger partial charge in [0.2, 0.25) is 0 Å². The molecule has 1 fully saturated rings. The second-order valence-corrected chi connectivity index (χ2v) is 7.40. The predicted octanol–water partition coefficient (Wildman–Crippen LogP) is 3.61. The molecule has 1 atom stereocenters. The van der Waals surface area contributed by atoms with E-state index >= 15 is 0 Å². The summed E-state index contributed by atoms with van der Waals surface area (Å²) in [6, 6.07) is 17.4. The number of nitrogens with zero attached hydrogens (tertiary/aromatic N) is 1. The van der Waals surface area contributed by atoms with Gasteiger partial charge in [-0.25, -0.2) is 0 Å². The second-order valence-electron chi connectivity index (χ2n) is 7.40. The van der Waals surface area contributed by atoms with Crippen LogP contribution in [-0.2, 0) is 0 Å². The molecule has 0 unspecified atom stereocenters. The molecule has 3 rings (SSSR count). The van der Waals surface area contributed by atoms with Crippen LogP contribution >= 0.6 is 0 Å². The van der Waals surface area contributed by atoms with Crippen LogP contribution in [0, 0.1) is 0 Å². The van der Waals surface area contributed by atoms with Crippen molar-refractivity contribution in [3.8, 4) is 0 Å². The van der Waals surface area contributed by atoms with Gasteiger partial charge in [0, 0.05) is 36.4 Å². The average Bonchev–Trinajstić information content (AvgIpc) is 2.74. The van der Waals surface area contributed by atoms with Crippen molar-refractivity contribution in [3.63, 3.8) is 0 Å². The highest BCUT2D eigenvalue weighted by molar-refractivity contribution is 6.00. The molecule has 2 aromatic rings. The van der Waals surface area contributed by atoms with Crippen LogP contribution in [0.3, 0.4) is 0 Å². The topological polar surface area (TPSA) is 61.4 Å². The van der Waals surface area contributed by atoms with Crippen molar-refractivity contribution in [2.24, 2.45) is 0 Å². The summed E-state index contributed by atoms with van der Waals surface area (Å²) < 4.78 is 0. The number of hydrogen-bond acceptors (Lipinski definition) is 3. The number of rotatable bonds is 6. The smallest absolute Gasteiger partial charge is 0.253 e. The standard InChI is InChI=1S/C23H29N3O2/c1-3-17(2)24-23(28)20-11-7-8-12-21(20)26-15-13-19(14-16-26)25-22(27)18-9-5-4-6-10-18/h4-12,17,19H,3,13-16H2,1-2H3,(H,24,28)(H,25,27)/t17-/m0/s1. The molecule has 2 N–H and O–H groups in total. The molecule has 1 aliphatic rings. The van der Waals surface area contributed by atoms with Gasteiger partial charge in [0.15, 0.2) is 0 Å². The summed E-state index contributed by atoms with van der Waals surface area (Å²) in [6.45, 7) is 5.70. The zero-order valence-corrected chi connectivity index (χ0v) is 16.7. The zero-order chi connectivity index (χ0) is 19.9. The molecule has 5 nitrogen and oxygen atoms in total. The normalized spacial score (nSPS) is 15.7. The first kappa shape index (κ1) is 19.9. The number of hydrogen-bond donors (Lipinski definition) is 2. The number of anilines is 1. The first-order chi connectivity index (χ1) is 13.6. The van der Waals surface area contributed by atoms with Crippen molar-refractivity contribution >= 4 is 17.5 Å². The quantitative estimate of drug-likeness (QED) is 0.806. The van der Waals surface area contributed by atoms with E-state index in [0.29, 0.717) is 5.56 Å². The number of benzene rings is 2. The van der Waals surface area contributed by atoms with E-state index in [-0.39, 0.29) is 23.9 Å². The molecule has 1 saturated heterocycles. The Morgan fingerprint density at radius 1 is 1.00 bits per heavy atom. The molecule has 1 aliphatic heterocycles. The van der Waals surface area contributed by atoms with Gasteiger partial charge in [-0.3, -0.25) is 9.59 Å². The predicted molar refractivity (Wildman–Crippen MR) is 113 cm³/mol. The number of amides is 2. The molecule has 2 amide bonds. The average molecular weight is 380 g/mol. The van der Waals surface area contributed by atoms with E-state index in [9.17, 15) is 9.59 Å². The van der Waals surface area contributed by atoms with Gasteiger partial charge < -0.3 is 15.5 Å². The van der Waals surface area contributed by atoms with Crippen LogP contribution in [0.5, 0.6) is 0 Å². The van der Waals surface area contributed by atoms with Gasteiger partial charge in [0.1, 0.15) is 0 Å². The molecular formula is C23H29N3O2. The molecule has 0 aromatic heterocycles. The molecular weight excluding hydrogens is 350 g/mol. The van der Waals surface area contributed by atoms with Crippen molar-refractivity contribution in [2.45, 2.75) is 45.2 Å². The Kier molecular flexibility index (Phi) is 6.69.